The number of aliphatic carboxylic acids is 1. The number of esters is 1. The van der Waals surface area contributed by atoms with Crippen molar-refractivity contribution in [2.24, 2.45) is 0 Å². The number of cyclic esters (lactones) is 2. The fourth-order valence-corrected chi connectivity index (χ4v) is 0.698. The van der Waals surface area contributed by atoms with Crippen LogP contribution in [0.4, 0.5) is 4.79 Å². The average molecular weight is 159 g/mol. The van der Waals surface area contributed by atoms with Crippen LogP contribution in [0.5, 0.6) is 0 Å². The third-order valence-corrected chi connectivity index (χ3v) is 1.11. The minimum Gasteiger partial charge on any atom is -0.480 e. The molecule has 6 heteroatoms. The first kappa shape index (κ1) is 7.52. The van der Waals surface area contributed by atoms with E-state index in [2.05, 4.69) is 4.74 Å². The molecule has 0 aromatic rings. The average Bonchev–Trinajstić information content (AvgIpc) is 2.09. The van der Waals surface area contributed by atoms with Crippen molar-refractivity contribution in [2.45, 2.75) is 0 Å². The number of rotatable bonds is 2. The fraction of sp³-hybridized carbons (Fsp3) is 0.400. The van der Waals surface area contributed by atoms with Crippen LogP contribution in [0.3, 0.4) is 0 Å². The molecule has 1 aliphatic rings. The van der Waals surface area contributed by atoms with Gasteiger partial charge in [0.15, 0.2) is 0 Å². The van der Waals surface area contributed by atoms with Gasteiger partial charge < -0.3 is 9.84 Å². The molecule has 0 unspecified atom stereocenters. The van der Waals surface area contributed by atoms with Crippen LogP contribution in [-0.4, -0.2) is 41.1 Å². The zero-order chi connectivity index (χ0) is 8.43. The zero-order valence-electron chi connectivity index (χ0n) is 5.44. The summed E-state index contributed by atoms with van der Waals surface area (Å²) in [5.74, 6) is -1.88. The van der Waals surface area contributed by atoms with Gasteiger partial charge in [0.25, 0.3) is 0 Å². The number of nitrogens with zero attached hydrogens (tertiary/aromatic N) is 1. The van der Waals surface area contributed by atoms with Crippen LogP contribution in [0.25, 0.3) is 0 Å². The van der Waals surface area contributed by atoms with Gasteiger partial charge in [0.05, 0.1) is 0 Å². The standard InChI is InChI=1S/C5H5NO5/c7-3(8)1-6-2-4(9)11-5(6)10/h1-2H2,(H,7,8). The number of ether oxygens (including phenoxy) is 1. The van der Waals surface area contributed by atoms with Crippen LogP contribution in [0.2, 0.25) is 0 Å². The molecule has 1 N–H and O–H groups in total. The molecule has 0 atom stereocenters. The molecule has 1 fully saturated rings. The van der Waals surface area contributed by atoms with Gasteiger partial charge in [-0.15, -0.1) is 0 Å². The summed E-state index contributed by atoms with van der Waals surface area (Å²) < 4.78 is 4.06. The molecule has 1 aliphatic heterocycles. The van der Waals surface area contributed by atoms with Gasteiger partial charge in [-0.3, -0.25) is 9.69 Å². The summed E-state index contributed by atoms with van der Waals surface area (Å²) in [6.45, 7) is -0.768. The molecule has 0 radical (unpaired) electrons. The van der Waals surface area contributed by atoms with Crippen LogP contribution in [0.15, 0.2) is 0 Å². The highest BCUT2D eigenvalue weighted by Gasteiger charge is 2.30. The summed E-state index contributed by atoms with van der Waals surface area (Å²) in [7, 11) is 0. The maximum Gasteiger partial charge on any atom is 0.418 e. The Bertz CT molecular complexity index is 223. The third-order valence-electron chi connectivity index (χ3n) is 1.11. The summed E-state index contributed by atoms with van der Waals surface area (Å²) in [5, 5.41) is 8.22. The molecule has 1 heterocycles. The lowest BCUT2D eigenvalue weighted by atomic mass is 10.5. The molecule has 1 amide bonds. The Labute approximate surface area is 61.3 Å². The van der Waals surface area contributed by atoms with Crippen molar-refractivity contribution < 1.29 is 24.2 Å². The van der Waals surface area contributed by atoms with E-state index >= 15 is 0 Å². The molecular formula is C5H5NO5. The van der Waals surface area contributed by atoms with Gasteiger partial charge in [-0.05, 0) is 0 Å². The van der Waals surface area contributed by atoms with Crippen LogP contribution in [0, 0.1) is 0 Å². The van der Waals surface area contributed by atoms with Crippen LogP contribution in [0.1, 0.15) is 0 Å². The third kappa shape index (κ3) is 1.66. The van der Waals surface area contributed by atoms with E-state index in [0.717, 1.165) is 4.90 Å². The number of carbonyl (C=O) groups is 3. The predicted octanol–water partition coefficient (Wildman–Crippen LogP) is -0.950. The number of hydrogen-bond donors (Lipinski definition) is 1. The van der Waals surface area contributed by atoms with Crippen molar-refractivity contribution in [1.29, 1.82) is 0 Å². The monoisotopic (exact) mass is 159 g/mol. The quantitative estimate of drug-likeness (QED) is 0.414. The maximum absolute atomic E-state index is 10.5. The molecule has 1 saturated heterocycles. The largest absolute Gasteiger partial charge is 0.480 e. The summed E-state index contributed by atoms with van der Waals surface area (Å²) in [6.07, 6.45) is -0.891. The number of carbonyl (C=O) groups excluding carboxylic acids is 2. The van der Waals surface area contributed by atoms with Crippen molar-refractivity contribution >= 4 is 18.0 Å². The van der Waals surface area contributed by atoms with Gasteiger partial charge in [0.1, 0.15) is 13.1 Å². The minimum atomic E-state index is -1.17. The van der Waals surface area contributed by atoms with E-state index in [1.54, 1.807) is 0 Å². The maximum atomic E-state index is 10.5. The molecule has 60 valence electrons. The second-order valence-electron chi connectivity index (χ2n) is 1.99. The second-order valence-corrected chi connectivity index (χ2v) is 1.99. The molecular weight excluding hydrogens is 154 g/mol. The zero-order valence-corrected chi connectivity index (χ0v) is 5.44. The van der Waals surface area contributed by atoms with Gasteiger partial charge in [-0.2, -0.15) is 0 Å². The second kappa shape index (κ2) is 2.57. The van der Waals surface area contributed by atoms with E-state index in [0.29, 0.717) is 0 Å². The van der Waals surface area contributed by atoms with Crippen LogP contribution >= 0.6 is 0 Å². The van der Waals surface area contributed by atoms with Crippen molar-refractivity contribution in [3.05, 3.63) is 0 Å². The Hall–Kier alpha value is -1.59. The van der Waals surface area contributed by atoms with E-state index < -0.39 is 24.6 Å². The summed E-state index contributed by atoms with van der Waals surface area (Å²) in [5.41, 5.74) is 0. The Morgan fingerprint density at radius 1 is 1.64 bits per heavy atom. The number of amides is 1. The molecule has 0 saturated carbocycles. The summed E-state index contributed by atoms with van der Waals surface area (Å²) in [4.78, 5) is 31.8. The minimum absolute atomic E-state index is 0.273. The van der Waals surface area contributed by atoms with Crippen LogP contribution in [-0.2, 0) is 14.3 Å². The molecule has 0 aromatic heterocycles. The van der Waals surface area contributed by atoms with E-state index in [4.69, 9.17) is 5.11 Å². The van der Waals surface area contributed by atoms with Gasteiger partial charge in [0, 0.05) is 0 Å². The van der Waals surface area contributed by atoms with Crippen molar-refractivity contribution in [1.82, 2.24) is 4.90 Å². The van der Waals surface area contributed by atoms with Crippen LogP contribution < -0.4 is 0 Å². The first-order valence-corrected chi connectivity index (χ1v) is 2.81. The van der Waals surface area contributed by atoms with E-state index in [9.17, 15) is 14.4 Å². The topological polar surface area (TPSA) is 83.9 Å². The van der Waals surface area contributed by atoms with Gasteiger partial charge in [-0.25, -0.2) is 9.59 Å². The first-order chi connectivity index (χ1) is 5.09. The van der Waals surface area contributed by atoms with Gasteiger partial charge >= 0.3 is 18.0 Å². The highest BCUT2D eigenvalue weighted by atomic mass is 16.6. The van der Waals surface area contributed by atoms with Crippen molar-refractivity contribution in [3.8, 4) is 0 Å². The SMILES string of the molecule is O=C(O)CN1CC(=O)OC1=O. The Kier molecular flexibility index (Phi) is 1.75. The first-order valence-electron chi connectivity index (χ1n) is 2.81. The van der Waals surface area contributed by atoms with Gasteiger partial charge in [0.2, 0.25) is 0 Å². The fourth-order valence-electron chi connectivity index (χ4n) is 0.698. The lowest BCUT2D eigenvalue weighted by Crippen LogP contribution is -2.30. The Morgan fingerprint density at radius 2 is 2.27 bits per heavy atom. The molecule has 0 aliphatic carbocycles. The highest BCUT2D eigenvalue weighted by molar-refractivity contribution is 5.94. The van der Waals surface area contributed by atoms with Gasteiger partial charge in [-0.1, -0.05) is 0 Å². The number of carboxylic acid groups (broad SMARTS) is 1. The molecule has 6 nitrogen and oxygen atoms in total. The molecule has 1 rings (SSSR count). The molecule has 0 aromatic carbocycles. The lowest BCUT2D eigenvalue weighted by Gasteiger charge is -2.05. The van der Waals surface area contributed by atoms with E-state index in [1.165, 1.54) is 0 Å². The Morgan fingerprint density at radius 3 is 2.64 bits per heavy atom. The van der Waals surface area contributed by atoms with E-state index in [1.807, 2.05) is 0 Å². The highest BCUT2D eigenvalue weighted by Crippen LogP contribution is 2.03. The Balaban J connectivity index is 2.53. The predicted molar refractivity (Wildman–Crippen MR) is 30.7 cm³/mol. The normalized spacial score (nSPS) is 16.9. The summed E-state index contributed by atoms with van der Waals surface area (Å²) in [6, 6.07) is 0. The van der Waals surface area contributed by atoms with Crippen molar-refractivity contribution in [2.75, 3.05) is 13.1 Å². The van der Waals surface area contributed by atoms with E-state index in [-0.39, 0.29) is 6.54 Å². The number of hydrogen-bond acceptors (Lipinski definition) is 4. The number of carboxylic acids is 1. The molecule has 11 heavy (non-hydrogen) atoms. The molecule has 0 bridgehead atoms. The smallest absolute Gasteiger partial charge is 0.418 e. The lowest BCUT2D eigenvalue weighted by molar-refractivity contribution is -0.137. The van der Waals surface area contributed by atoms with Crippen molar-refractivity contribution in [3.63, 3.8) is 0 Å². The summed E-state index contributed by atoms with van der Waals surface area (Å²) >= 11 is 0. The molecule has 0 spiro atoms.